The van der Waals surface area contributed by atoms with Crippen molar-refractivity contribution in [2.45, 2.75) is 92.9 Å². The molecule has 0 aromatic heterocycles. The molecule has 0 radical (unpaired) electrons. The van der Waals surface area contributed by atoms with Crippen LogP contribution in [-0.4, -0.2) is 0 Å². The highest BCUT2D eigenvalue weighted by molar-refractivity contribution is 4.89. The summed E-state index contributed by atoms with van der Waals surface area (Å²) in [6.45, 7) is 14.0. The molecule has 2 rings (SSSR count). The average molecular weight is 267 g/mol. The molecule has 0 bridgehead atoms. The zero-order valence-corrected chi connectivity index (χ0v) is 14.5. The van der Waals surface area contributed by atoms with Gasteiger partial charge in [0.2, 0.25) is 0 Å². The summed E-state index contributed by atoms with van der Waals surface area (Å²) in [5.41, 5.74) is 0.611. The van der Waals surface area contributed by atoms with Gasteiger partial charge >= 0.3 is 0 Å². The minimum atomic E-state index is 0.611. The van der Waals surface area contributed by atoms with Crippen LogP contribution in [0.2, 0.25) is 0 Å². The highest BCUT2D eigenvalue weighted by atomic mass is 14.4. The third-order valence-corrected chi connectivity index (χ3v) is 6.14. The van der Waals surface area contributed by atoms with E-state index >= 15 is 0 Å². The van der Waals surface area contributed by atoms with Crippen LogP contribution in [-0.2, 0) is 0 Å². The first-order valence-corrected chi connectivity index (χ1v) is 9.00. The Kier molecular flexibility index (Phi) is 6.91. The minimum Gasteiger partial charge on any atom is -0.0683 e. The van der Waals surface area contributed by atoms with E-state index in [1.807, 2.05) is 13.8 Å². The van der Waals surface area contributed by atoms with E-state index in [0.29, 0.717) is 5.41 Å². The van der Waals surface area contributed by atoms with Gasteiger partial charge in [0.1, 0.15) is 0 Å². The third kappa shape index (κ3) is 4.50. The van der Waals surface area contributed by atoms with Gasteiger partial charge in [-0.05, 0) is 54.8 Å². The van der Waals surface area contributed by atoms with E-state index < -0.39 is 0 Å². The quantitative estimate of drug-likeness (QED) is 0.522. The molecule has 0 heteroatoms. The van der Waals surface area contributed by atoms with Crippen molar-refractivity contribution in [3.05, 3.63) is 0 Å². The molecule has 19 heavy (non-hydrogen) atoms. The van der Waals surface area contributed by atoms with Crippen LogP contribution in [0.25, 0.3) is 0 Å². The Balaban J connectivity index is 0.000000861. The molecule has 0 atom stereocenters. The summed E-state index contributed by atoms with van der Waals surface area (Å²) in [7, 11) is 0. The van der Waals surface area contributed by atoms with Gasteiger partial charge in [-0.25, -0.2) is 0 Å². The Hall–Kier alpha value is 0. The Bertz CT molecular complexity index is 200. The Morgan fingerprint density at radius 2 is 0.842 bits per heavy atom. The van der Waals surface area contributed by atoms with Crippen LogP contribution >= 0.6 is 0 Å². The summed E-state index contributed by atoms with van der Waals surface area (Å²) in [6, 6.07) is 0. The van der Waals surface area contributed by atoms with Crippen molar-refractivity contribution in [1.82, 2.24) is 0 Å². The maximum atomic E-state index is 2.58. The van der Waals surface area contributed by atoms with Crippen molar-refractivity contribution in [1.29, 1.82) is 0 Å². The van der Waals surface area contributed by atoms with Crippen LogP contribution in [0.5, 0.6) is 0 Å². The summed E-state index contributed by atoms with van der Waals surface area (Å²) in [5.74, 6) is 4.01. The molecule has 2 aliphatic carbocycles. The zero-order chi connectivity index (χ0) is 14.5. The Labute approximate surface area is 122 Å². The molecule has 114 valence electrons. The first kappa shape index (κ1) is 17.1. The van der Waals surface area contributed by atoms with Crippen LogP contribution in [0.4, 0.5) is 0 Å². The summed E-state index contributed by atoms with van der Waals surface area (Å²) < 4.78 is 0. The predicted molar refractivity (Wildman–Crippen MR) is 87.4 cm³/mol. The van der Waals surface area contributed by atoms with Gasteiger partial charge < -0.3 is 0 Å². The molecule has 0 aromatic carbocycles. The van der Waals surface area contributed by atoms with Crippen LogP contribution in [0, 0.1) is 29.1 Å². The molecule has 0 heterocycles. The number of hydrogen-bond donors (Lipinski definition) is 0. The summed E-state index contributed by atoms with van der Waals surface area (Å²) in [4.78, 5) is 0. The van der Waals surface area contributed by atoms with Crippen molar-refractivity contribution in [3.8, 4) is 0 Å². The van der Waals surface area contributed by atoms with E-state index in [4.69, 9.17) is 0 Å². The van der Waals surface area contributed by atoms with Gasteiger partial charge in [-0.3, -0.25) is 0 Å². The molecule has 0 aromatic rings. The number of hydrogen-bond acceptors (Lipinski definition) is 0. The molecule has 2 fully saturated rings. The fourth-order valence-electron chi connectivity index (χ4n) is 4.34. The van der Waals surface area contributed by atoms with Crippen LogP contribution in [0.15, 0.2) is 0 Å². The van der Waals surface area contributed by atoms with E-state index in [1.54, 1.807) is 0 Å². The van der Waals surface area contributed by atoms with Gasteiger partial charge in [0.05, 0.1) is 0 Å². The van der Waals surface area contributed by atoms with Crippen molar-refractivity contribution in [3.63, 3.8) is 0 Å². The number of rotatable bonds is 2. The van der Waals surface area contributed by atoms with Crippen molar-refractivity contribution in [2.75, 3.05) is 0 Å². The molecule has 2 saturated carbocycles. The minimum absolute atomic E-state index is 0.611. The maximum Gasteiger partial charge on any atom is -0.0298 e. The smallest absolute Gasteiger partial charge is 0.0298 e. The van der Waals surface area contributed by atoms with Crippen molar-refractivity contribution in [2.24, 2.45) is 29.1 Å². The first-order chi connectivity index (χ1) is 9.00. The van der Waals surface area contributed by atoms with Crippen LogP contribution in [0.1, 0.15) is 92.9 Å². The Morgan fingerprint density at radius 3 is 1.11 bits per heavy atom. The molecule has 0 aliphatic heterocycles. The van der Waals surface area contributed by atoms with E-state index in [-0.39, 0.29) is 0 Å². The first-order valence-electron chi connectivity index (χ1n) is 9.00. The highest BCUT2D eigenvalue weighted by Crippen LogP contribution is 2.49. The lowest BCUT2D eigenvalue weighted by molar-refractivity contribution is 0.0421. The fraction of sp³-hybridized carbons (Fsp3) is 1.00. The second kappa shape index (κ2) is 7.70. The summed E-state index contributed by atoms with van der Waals surface area (Å²) in [5, 5.41) is 0. The topological polar surface area (TPSA) is 0 Å². The summed E-state index contributed by atoms with van der Waals surface area (Å²) >= 11 is 0. The lowest BCUT2D eigenvalue weighted by Gasteiger charge is -2.46. The molecule has 0 amide bonds. The van der Waals surface area contributed by atoms with E-state index in [9.17, 15) is 0 Å². The largest absolute Gasteiger partial charge is 0.0683 e. The van der Waals surface area contributed by atoms with Crippen molar-refractivity contribution < 1.29 is 0 Å². The van der Waals surface area contributed by atoms with E-state index in [0.717, 1.165) is 23.7 Å². The lowest BCUT2D eigenvalue weighted by Crippen LogP contribution is -2.36. The van der Waals surface area contributed by atoms with E-state index in [2.05, 4.69) is 27.7 Å². The molecule has 0 saturated heterocycles. The highest BCUT2D eigenvalue weighted by Gasteiger charge is 2.39. The lowest BCUT2D eigenvalue weighted by atomic mass is 9.59. The fourth-order valence-corrected chi connectivity index (χ4v) is 4.34. The third-order valence-electron chi connectivity index (χ3n) is 6.14. The molecule has 0 unspecified atom stereocenters. The standard InChI is InChI=1S/C17H32.C2H6/c1-13-5-9-15(10-6-13)17(3,4)16-11-7-14(2)8-12-16;1-2/h13-16H,5-12H2,1-4H3;1-2H3. The molecule has 0 spiro atoms. The molecular weight excluding hydrogens is 228 g/mol. The average Bonchev–Trinajstić information content (AvgIpc) is 2.42. The molecule has 0 nitrogen and oxygen atoms in total. The van der Waals surface area contributed by atoms with E-state index in [1.165, 1.54) is 51.4 Å². The van der Waals surface area contributed by atoms with Gasteiger partial charge in [0, 0.05) is 0 Å². The monoisotopic (exact) mass is 266 g/mol. The molecule has 2 aliphatic rings. The predicted octanol–water partition coefficient (Wildman–Crippen LogP) is 6.69. The molecular formula is C19H38. The van der Waals surface area contributed by atoms with Gasteiger partial charge in [0.25, 0.3) is 0 Å². The van der Waals surface area contributed by atoms with Crippen LogP contribution < -0.4 is 0 Å². The van der Waals surface area contributed by atoms with Gasteiger partial charge in [0.15, 0.2) is 0 Å². The SMILES string of the molecule is CC.CC1CCC(C(C)(C)C2CCC(C)CC2)CC1. The summed E-state index contributed by atoms with van der Waals surface area (Å²) in [6.07, 6.45) is 11.9. The molecule has 0 N–H and O–H groups in total. The second-order valence-corrected chi connectivity index (χ2v) is 7.73. The normalized spacial score (nSPS) is 36.3. The van der Waals surface area contributed by atoms with Crippen molar-refractivity contribution >= 4 is 0 Å². The second-order valence-electron chi connectivity index (χ2n) is 7.73. The van der Waals surface area contributed by atoms with Gasteiger partial charge in [-0.1, -0.05) is 67.2 Å². The maximum absolute atomic E-state index is 2.58. The van der Waals surface area contributed by atoms with Gasteiger partial charge in [-0.15, -0.1) is 0 Å². The Morgan fingerprint density at radius 1 is 0.579 bits per heavy atom. The zero-order valence-electron chi connectivity index (χ0n) is 14.5. The van der Waals surface area contributed by atoms with Gasteiger partial charge in [-0.2, -0.15) is 0 Å². The van der Waals surface area contributed by atoms with Crippen LogP contribution in [0.3, 0.4) is 0 Å².